The summed E-state index contributed by atoms with van der Waals surface area (Å²) in [5.41, 5.74) is 1.16. The summed E-state index contributed by atoms with van der Waals surface area (Å²) in [5, 5.41) is 3.78. The molecule has 0 radical (unpaired) electrons. The van der Waals surface area contributed by atoms with E-state index in [2.05, 4.69) is 15.0 Å². The number of carbonyl (C=O) groups is 1. The molecule has 2 rings (SSSR count). The molecule has 0 aliphatic rings. The minimum atomic E-state index is -0.369. The summed E-state index contributed by atoms with van der Waals surface area (Å²) in [7, 11) is 1.35. The summed E-state index contributed by atoms with van der Waals surface area (Å²) >= 11 is 1.26. The molecule has 0 saturated heterocycles. The normalized spacial score (nSPS) is 10.1. The van der Waals surface area contributed by atoms with Crippen LogP contribution < -0.4 is 10.1 Å². The van der Waals surface area contributed by atoms with E-state index in [4.69, 9.17) is 4.74 Å². The molecule has 0 aliphatic carbocycles. The molecule has 1 aromatic heterocycles. The topological polar surface area (TPSA) is 60.5 Å². The molecular weight excluding hydrogens is 276 g/mol. The van der Waals surface area contributed by atoms with E-state index in [-0.39, 0.29) is 5.97 Å². The third kappa shape index (κ3) is 3.96. The molecule has 106 valence electrons. The van der Waals surface area contributed by atoms with Crippen molar-refractivity contribution in [3.05, 3.63) is 40.9 Å². The van der Waals surface area contributed by atoms with E-state index in [0.29, 0.717) is 23.2 Å². The molecule has 0 aliphatic heterocycles. The number of hydrogen-bond acceptors (Lipinski definition) is 6. The summed E-state index contributed by atoms with van der Waals surface area (Å²) in [6.45, 7) is 3.16. The van der Waals surface area contributed by atoms with Crippen molar-refractivity contribution >= 4 is 22.4 Å². The van der Waals surface area contributed by atoms with Crippen LogP contribution in [0.1, 0.15) is 15.2 Å². The van der Waals surface area contributed by atoms with Gasteiger partial charge in [-0.1, -0.05) is 23.5 Å². The summed E-state index contributed by atoms with van der Waals surface area (Å²) in [6, 6.07) is 7.89. The van der Waals surface area contributed by atoms with Crippen LogP contribution in [0.5, 0.6) is 5.75 Å². The Morgan fingerprint density at radius 1 is 1.45 bits per heavy atom. The predicted molar refractivity (Wildman–Crippen MR) is 78.6 cm³/mol. The lowest BCUT2D eigenvalue weighted by Gasteiger charge is -2.07. The number of benzene rings is 1. The number of aromatic nitrogens is 1. The Morgan fingerprint density at radius 2 is 2.30 bits per heavy atom. The molecule has 0 unspecified atom stereocenters. The van der Waals surface area contributed by atoms with Gasteiger partial charge in [-0.25, -0.2) is 9.78 Å². The molecule has 1 aromatic carbocycles. The molecule has 1 heterocycles. The number of aryl methyl sites for hydroxylation is 1. The highest BCUT2D eigenvalue weighted by Crippen LogP contribution is 2.18. The van der Waals surface area contributed by atoms with Crippen LogP contribution in [0.2, 0.25) is 0 Å². The first-order chi connectivity index (χ1) is 9.69. The Morgan fingerprint density at radius 3 is 3.05 bits per heavy atom. The number of hydrogen-bond donors (Lipinski definition) is 1. The maximum atomic E-state index is 11.3. The number of carbonyl (C=O) groups excluding carboxylic acids is 1. The predicted octanol–water partition coefficient (Wildman–Crippen LogP) is 2.73. The summed E-state index contributed by atoms with van der Waals surface area (Å²) in [6.07, 6.45) is 1.50. The van der Waals surface area contributed by atoms with Crippen LogP contribution >= 0.6 is 11.3 Å². The van der Waals surface area contributed by atoms with Crippen molar-refractivity contribution in [2.24, 2.45) is 0 Å². The van der Waals surface area contributed by atoms with E-state index in [1.54, 1.807) is 0 Å². The fraction of sp³-hybridized carbons (Fsp3) is 0.286. The number of esters is 1. The van der Waals surface area contributed by atoms with Crippen molar-refractivity contribution in [2.75, 3.05) is 25.6 Å². The van der Waals surface area contributed by atoms with E-state index in [9.17, 15) is 4.79 Å². The first-order valence-corrected chi connectivity index (χ1v) is 6.98. The molecule has 0 atom stereocenters. The maximum absolute atomic E-state index is 11.3. The van der Waals surface area contributed by atoms with Crippen molar-refractivity contribution in [3.8, 4) is 5.75 Å². The van der Waals surface area contributed by atoms with Gasteiger partial charge in [0, 0.05) is 0 Å². The average molecular weight is 292 g/mol. The number of nitrogens with one attached hydrogen (secondary N) is 1. The monoisotopic (exact) mass is 292 g/mol. The van der Waals surface area contributed by atoms with Gasteiger partial charge in [0.15, 0.2) is 5.13 Å². The van der Waals surface area contributed by atoms with E-state index >= 15 is 0 Å². The third-order valence-electron chi connectivity index (χ3n) is 2.53. The second-order valence-electron chi connectivity index (χ2n) is 4.11. The highest BCUT2D eigenvalue weighted by molar-refractivity contribution is 7.17. The van der Waals surface area contributed by atoms with Gasteiger partial charge >= 0.3 is 5.97 Å². The quantitative estimate of drug-likeness (QED) is 0.655. The van der Waals surface area contributed by atoms with Gasteiger partial charge in [0.25, 0.3) is 0 Å². The molecule has 0 amide bonds. The number of nitrogens with zero attached hydrogens (tertiary/aromatic N) is 1. The molecule has 0 bridgehead atoms. The van der Waals surface area contributed by atoms with Gasteiger partial charge in [-0.05, 0) is 24.6 Å². The summed E-state index contributed by atoms with van der Waals surface area (Å²) in [5.74, 6) is 0.479. The Hall–Kier alpha value is -2.08. The highest BCUT2D eigenvalue weighted by atomic mass is 32.1. The smallest absolute Gasteiger partial charge is 0.349 e. The summed E-state index contributed by atoms with van der Waals surface area (Å²) in [4.78, 5) is 15.8. The fourth-order valence-corrected chi connectivity index (χ4v) is 2.34. The van der Waals surface area contributed by atoms with Crippen LogP contribution in [0.3, 0.4) is 0 Å². The molecule has 20 heavy (non-hydrogen) atoms. The zero-order chi connectivity index (χ0) is 14.4. The first kappa shape index (κ1) is 14.3. The second-order valence-corrected chi connectivity index (χ2v) is 5.14. The molecule has 0 fully saturated rings. The van der Waals surface area contributed by atoms with Crippen LogP contribution in [0.25, 0.3) is 0 Å². The van der Waals surface area contributed by atoms with Gasteiger partial charge in [0.2, 0.25) is 0 Å². The minimum absolute atomic E-state index is 0.369. The summed E-state index contributed by atoms with van der Waals surface area (Å²) < 4.78 is 10.2. The van der Waals surface area contributed by atoms with Crippen molar-refractivity contribution in [3.63, 3.8) is 0 Å². The van der Waals surface area contributed by atoms with Gasteiger partial charge in [0.1, 0.15) is 17.2 Å². The SMILES string of the molecule is COC(=O)c1cnc(NCCOc2cccc(C)c2)s1. The average Bonchev–Trinajstić information content (AvgIpc) is 2.92. The number of ether oxygens (including phenoxy) is 2. The molecule has 6 heteroatoms. The Bertz CT molecular complexity index is 583. The maximum Gasteiger partial charge on any atom is 0.349 e. The Kier molecular flexibility index (Phi) is 4.95. The molecule has 0 spiro atoms. The lowest BCUT2D eigenvalue weighted by Crippen LogP contribution is -2.11. The van der Waals surface area contributed by atoms with Gasteiger partial charge in [-0.3, -0.25) is 0 Å². The number of methoxy groups -OCH3 is 1. The third-order valence-corrected chi connectivity index (χ3v) is 3.46. The highest BCUT2D eigenvalue weighted by Gasteiger charge is 2.09. The van der Waals surface area contributed by atoms with Crippen LogP contribution in [0, 0.1) is 6.92 Å². The van der Waals surface area contributed by atoms with Gasteiger partial charge < -0.3 is 14.8 Å². The van der Waals surface area contributed by atoms with E-state index in [1.165, 1.54) is 24.6 Å². The Balaban J connectivity index is 1.76. The van der Waals surface area contributed by atoms with Crippen molar-refractivity contribution in [1.82, 2.24) is 4.98 Å². The zero-order valence-electron chi connectivity index (χ0n) is 11.4. The number of thiazole rings is 1. The van der Waals surface area contributed by atoms with Crippen molar-refractivity contribution in [1.29, 1.82) is 0 Å². The van der Waals surface area contributed by atoms with Gasteiger partial charge in [-0.15, -0.1) is 0 Å². The van der Waals surface area contributed by atoms with Crippen LogP contribution in [0.4, 0.5) is 5.13 Å². The van der Waals surface area contributed by atoms with E-state index in [1.807, 2.05) is 31.2 Å². The van der Waals surface area contributed by atoms with E-state index in [0.717, 1.165) is 11.3 Å². The van der Waals surface area contributed by atoms with Gasteiger partial charge in [-0.2, -0.15) is 0 Å². The molecule has 2 aromatic rings. The fourth-order valence-electron chi connectivity index (χ4n) is 1.58. The molecule has 1 N–H and O–H groups in total. The van der Waals surface area contributed by atoms with Crippen molar-refractivity contribution in [2.45, 2.75) is 6.92 Å². The first-order valence-electron chi connectivity index (χ1n) is 6.16. The van der Waals surface area contributed by atoms with Crippen molar-refractivity contribution < 1.29 is 14.3 Å². The standard InChI is InChI=1S/C14H16N2O3S/c1-10-4-3-5-11(8-10)19-7-6-15-14-16-9-12(20-14)13(17)18-2/h3-5,8-9H,6-7H2,1-2H3,(H,15,16). The number of anilines is 1. The zero-order valence-corrected chi connectivity index (χ0v) is 12.2. The minimum Gasteiger partial charge on any atom is -0.492 e. The lowest BCUT2D eigenvalue weighted by molar-refractivity contribution is 0.0606. The molecule has 0 saturated carbocycles. The largest absolute Gasteiger partial charge is 0.492 e. The molecular formula is C14H16N2O3S. The number of rotatable bonds is 6. The Labute approximate surface area is 121 Å². The lowest BCUT2D eigenvalue weighted by atomic mass is 10.2. The van der Waals surface area contributed by atoms with Gasteiger partial charge in [0.05, 0.1) is 19.9 Å². The van der Waals surface area contributed by atoms with Crippen LogP contribution in [-0.2, 0) is 4.74 Å². The van der Waals surface area contributed by atoms with Crippen LogP contribution in [-0.4, -0.2) is 31.2 Å². The van der Waals surface area contributed by atoms with Crippen LogP contribution in [0.15, 0.2) is 30.5 Å². The second kappa shape index (κ2) is 6.91. The molecule has 5 nitrogen and oxygen atoms in total. The van der Waals surface area contributed by atoms with E-state index < -0.39 is 0 Å².